The van der Waals surface area contributed by atoms with E-state index in [1.807, 2.05) is 30.1 Å². The van der Waals surface area contributed by atoms with Crippen LogP contribution in [0.1, 0.15) is 35.6 Å². The summed E-state index contributed by atoms with van der Waals surface area (Å²) in [4.78, 5) is 21.0. The lowest BCUT2D eigenvalue weighted by Crippen LogP contribution is -2.48. The van der Waals surface area contributed by atoms with E-state index in [0.717, 1.165) is 56.2 Å². The lowest BCUT2D eigenvalue weighted by atomic mass is 10.0. The van der Waals surface area contributed by atoms with Crippen LogP contribution in [0, 0.1) is 6.92 Å². The first-order chi connectivity index (χ1) is 15.6. The monoisotopic (exact) mass is 563 g/mol. The molecule has 0 spiro atoms. The van der Waals surface area contributed by atoms with Gasteiger partial charge in [-0.05, 0) is 48.6 Å². The van der Waals surface area contributed by atoms with Gasteiger partial charge in [0.15, 0.2) is 5.96 Å². The smallest absolute Gasteiger partial charge is 0.321 e. The van der Waals surface area contributed by atoms with Gasteiger partial charge in [0.25, 0.3) is 0 Å². The zero-order valence-electron chi connectivity index (χ0n) is 19.4. The second kappa shape index (κ2) is 12.2. The highest BCUT2D eigenvalue weighted by molar-refractivity contribution is 14.0. The first-order valence-corrected chi connectivity index (χ1v) is 11.4. The quantitative estimate of drug-likeness (QED) is 0.329. The zero-order chi connectivity index (χ0) is 22.3. The van der Waals surface area contributed by atoms with E-state index in [-0.39, 0.29) is 36.1 Å². The van der Waals surface area contributed by atoms with Crippen molar-refractivity contribution < 1.29 is 9.53 Å². The van der Waals surface area contributed by atoms with Gasteiger partial charge in [0.2, 0.25) is 0 Å². The maximum Gasteiger partial charge on any atom is 0.321 e. The second-order valence-corrected chi connectivity index (χ2v) is 8.39. The molecule has 2 heterocycles. The van der Waals surface area contributed by atoms with Crippen molar-refractivity contribution in [2.75, 3.05) is 45.2 Å². The molecule has 2 aliphatic heterocycles. The van der Waals surface area contributed by atoms with Gasteiger partial charge in [-0.3, -0.25) is 4.99 Å². The van der Waals surface area contributed by atoms with Crippen LogP contribution in [0.5, 0.6) is 0 Å². The Balaban J connectivity index is 0.00000306. The van der Waals surface area contributed by atoms with Crippen LogP contribution in [0.25, 0.3) is 0 Å². The van der Waals surface area contributed by atoms with E-state index in [2.05, 4.69) is 57.8 Å². The number of nitrogens with one attached hydrogen (secondary N) is 2. The number of hydrogen-bond donors (Lipinski definition) is 2. The summed E-state index contributed by atoms with van der Waals surface area (Å²) in [7, 11) is 1.81. The number of aryl methyl sites for hydroxylation is 1. The van der Waals surface area contributed by atoms with Crippen molar-refractivity contribution in [3.8, 4) is 0 Å². The summed E-state index contributed by atoms with van der Waals surface area (Å²) < 4.78 is 6.06. The second-order valence-electron chi connectivity index (χ2n) is 8.39. The lowest BCUT2D eigenvalue weighted by Gasteiger charge is -2.35. The van der Waals surface area contributed by atoms with E-state index in [1.54, 1.807) is 0 Å². The van der Waals surface area contributed by atoms with Crippen LogP contribution in [0.4, 0.5) is 10.5 Å². The summed E-state index contributed by atoms with van der Waals surface area (Å²) >= 11 is 0. The number of ether oxygens (including phenoxy) is 1. The first kappa shape index (κ1) is 25.3. The largest absolute Gasteiger partial charge is 0.370 e. The molecule has 7 nitrogen and oxygen atoms in total. The van der Waals surface area contributed by atoms with E-state index < -0.39 is 0 Å². The number of urea groups is 1. The summed E-state index contributed by atoms with van der Waals surface area (Å²) in [6, 6.07) is 16.4. The minimum atomic E-state index is -0.0148. The number of benzene rings is 2. The number of morpholine rings is 1. The van der Waals surface area contributed by atoms with Gasteiger partial charge in [-0.15, -0.1) is 24.0 Å². The van der Waals surface area contributed by atoms with Crippen LogP contribution in [-0.2, 0) is 11.3 Å². The minimum absolute atomic E-state index is 0. The Labute approximate surface area is 213 Å². The molecule has 8 heteroatoms. The molecule has 1 atom stereocenters. The third kappa shape index (κ3) is 6.60. The molecule has 2 fully saturated rings. The minimum Gasteiger partial charge on any atom is -0.370 e. The molecular formula is C25H34IN5O2. The SMILES string of the molecule is CN=C(NCc1cccc(NC(=O)N2CCCC2)c1)N1CCOC(c2ccccc2C)C1.I. The van der Waals surface area contributed by atoms with E-state index in [0.29, 0.717) is 13.2 Å². The van der Waals surface area contributed by atoms with Crippen LogP contribution in [0.15, 0.2) is 53.5 Å². The van der Waals surface area contributed by atoms with Gasteiger partial charge in [0, 0.05) is 38.9 Å². The standard InChI is InChI=1S/C25H33N5O2.HI/c1-19-8-3-4-11-22(19)23-18-30(14-15-32-23)24(26-2)27-17-20-9-7-10-21(16-20)28-25(31)29-12-5-6-13-29;/h3-4,7-11,16,23H,5-6,12-15,17-18H2,1-2H3,(H,26,27)(H,28,31);1H. The summed E-state index contributed by atoms with van der Waals surface area (Å²) in [6.45, 7) is 6.66. The van der Waals surface area contributed by atoms with Crippen LogP contribution in [-0.4, -0.2) is 61.6 Å². The fourth-order valence-electron chi connectivity index (χ4n) is 4.37. The number of carbonyl (C=O) groups is 1. The number of anilines is 1. The fourth-order valence-corrected chi connectivity index (χ4v) is 4.37. The van der Waals surface area contributed by atoms with Crippen LogP contribution < -0.4 is 10.6 Å². The number of nitrogens with zero attached hydrogens (tertiary/aromatic N) is 3. The van der Waals surface area contributed by atoms with Gasteiger partial charge in [-0.25, -0.2) is 4.79 Å². The molecule has 178 valence electrons. The van der Waals surface area contributed by atoms with Crippen molar-refractivity contribution in [1.29, 1.82) is 0 Å². The number of guanidine groups is 1. The summed E-state index contributed by atoms with van der Waals surface area (Å²) in [5.74, 6) is 0.860. The fraction of sp³-hybridized carbons (Fsp3) is 0.440. The molecule has 2 amide bonds. The Bertz CT molecular complexity index is 961. The Morgan fingerprint density at radius 3 is 2.64 bits per heavy atom. The van der Waals surface area contributed by atoms with E-state index >= 15 is 0 Å². The van der Waals surface area contributed by atoms with Crippen LogP contribution in [0.2, 0.25) is 0 Å². The van der Waals surface area contributed by atoms with Crippen LogP contribution >= 0.6 is 24.0 Å². The molecule has 2 aliphatic rings. The number of carbonyl (C=O) groups excluding carboxylic acids is 1. The number of aliphatic imine (C=N–C) groups is 1. The topological polar surface area (TPSA) is 69.2 Å². The molecule has 0 aliphatic carbocycles. The van der Waals surface area contributed by atoms with Crippen molar-refractivity contribution in [3.63, 3.8) is 0 Å². The van der Waals surface area contributed by atoms with Crippen LogP contribution in [0.3, 0.4) is 0 Å². The molecule has 2 aromatic carbocycles. The summed E-state index contributed by atoms with van der Waals surface area (Å²) in [6.07, 6.45) is 2.21. The molecule has 0 radical (unpaired) electrons. The average molecular weight is 563 g/mol. The van der Waals surface area contributed by atoms with Crippen molar-refractivity contribution in [1.82, 2.24) is 15.1 Å². The predicted octanol–water partition coefficient (Wildman–Crippen LogP) is 4.39. The Kier molecular flexibility index (Phi) is 9.37. The average Bonchev–Trinajstić information content (AvgIpc) is 3.36. The lowest BCUT2D eigenvalue weighted by molar-refractivity contribution is -0.00833. The molecular weight excluding hydrogens is 529 g/mol. The van der Waals surface area contributed by atoms with E-state index in [4.69, 9.17) is 4.74 Å². The van der Waals surface area contributed by atoms with Crippen molar-refractivity contribution in [2.24, 2.45) is 4.99 Å². The number of halogens is 1. The first-order valence-electron chi connectivity index (χ1n) is 11.4. The molecule has 0 bridgehead atoms. The van der Waals surface area contributed by atoms with Gasteiger partial charge in [-0.1, -0.05) is 36.4 Å². The highest BCUT2D eigenvalue weighted by Gasteiger charge is 2.25. The Morgan fingerprint density at radius 2 is 1.88 bits per heavy atom. The van der Waals surface area contributed by atoms with Gasteiger partial charge in [0.1, 0.15) is 6.10 Å². The molecule has 2 saturated heterocycles. The maximum atomic E-state index is 12.4. The van der Waals surface area contributed by atoms with E-state index in [1.165, 1.54) is 11.1 Å². The highest BCUT2D eigenvalue weighted by atomic mass is 127. The number of amides is 2. The van der Waals surface area contributed by atoms with Gasteiger partial charge < -0.3 is 25.2 Å². The maximum absolute atomic E-state index is 12.4. The van der Waals surface area contributed by atoms with Crippen molar-refractivity contribution in [2.45, 2.75) is 32.4 Å². The number of rotatable bonds is 4. The summed E-state index contributed by atoms with van der Waals surface area (Å²) in [5, 5.41) is 6.50. The molecule has 0 saturated carbocycles. The molecule has 2 aromatic rings. The van der Waals surface area contributed by atoms with Gasteiger partial charge in [0.05, 0.1) is 13.2 Å². The Morgan fingerprint density at radius 1 is 1.09 bits per heavy atom. The normalized spacial score (nSPS) is 18.6. The molecule has 2 N–H and O–H groups in total. The van der Waals surface area contributed by atoms with Crippen molar-refractivity contribution >= 4 is 41.7 Å². The third-order valence-corrected chi connectivity index (χ3v) is 6.14. The van der Waals surface area contributed by atoms with E-state index in [9.17, 15) is 4.79 Å². The molecule has 1 unspecified atom stereocenters. The van der Waals surface area contributed by atoms with Gasteiger partial charge in [-0.2, -0.15) is 0 Å². The zero-order valence-corrected chi connectivity index (χ0v) is 21.7. The predicted molar refractivity (Wildman–Crippen MR) is 143 cm³/mol. The highest BCUT2D eigenvalue weighted by Crippen LogP contribution is 2.25. The van der Waals surface area contributed by atoms with Gasteiger partial charge >= 0.3 is 6.03 Å². The summed E-state index contributed by atoms with van der Waals surface area (Å²) in [5.41, 5.74) is 4.39. The number of likely N-dealkylation sites (tertiary alicyclic amines) is 1. The molecule has 4 rings (SSSR count). The third-order valence-electron chi connectivity index (χ3n) is 6.14. The molecule has 0 aromatic heterocycles. The van der Waals surface area contributed by atoms with Crippen molar-refractivity contribution in [3.05, 3.63) is 65.2 Å². The number of hydrogen-bond acceptors (Lipinski definition) is 3. The Hall–Kier alpha value is -2.33. The molecule has 33 heavy (non-hydrogen) atoms.